The second-order valence-corrected chi connectivity index (χ2v) is 32.9. The fourth-order valence-electron chi connectivity index (χ4n) is 9.72. The largest absolute Gasteiger partial charge is 0.508 e. The molecule has 1 heterocycles. The SMILES string of the molecule is C.C.C.CC(C)(C)OC(=O)N[C@H](Cc1ccc(O)cc1)C(=O)OCC1CC1.[2H]C([2H])(Oc1ccc(C[C@@H](NC(=O)OC(C)(C)C)C(=O)OCC2CC2)cc1)On1nnc2ccccc21.[2H]C([2H])([2H])S(=O)C([2H])([2H])[2H].[2H]C([2H])([2H])SC([2H])([2H])Oc1ccc(C[C@@H](NC(=O)OC(C)(C)C)C(=O)OCC2CC2)cc1.[2H]C([2H])([2H])SC([2H])([2H])Oc1ccc(C[C@@H](NC(=O)OC(C)(C)C)C(=O)OCC2CC2)cc1. The minimum absolute atomic E-state index is 0. The van der Waals surface area contributed by atoms with E-state index in [9.17, 15) is 47.7 Å². The van der Waals surface area contributed by atoms with E-state index in [0.29, 0.717) is 77.8 Å². The average Bonchev–Trinajstić information content (AvgIpc) is 1.75. The number of nitrogens with zero attached hydrogens (tertiary/aromatic N) is 3. The van der Waals surface area contributed by atoms with Crippen LogP contribution in [0, 0.1) is 23.7 Å². The van der Waals surface area contributed by atoms with Gasteiger partial charge in [-0.3, -0.25) is 4.21 Å². The van der Waals surface area contributed by atoms with Crippen molar-refractivity contribution in [1.29, 1.82) is 0 Å². The summed E-state index contributed by atoms with van der Waals surface area (Å²) in [5, 5.41) is 27.3. The first-order chi connectivity index (χ1) is 62.1. The summed E-state index contributed by atoms with van der Waals surface area (Å²) in [6.07, 6.45) is -4.77. The van der Waals surface area contributed by atoms with Crippen molar-refractivity contribution >= 4 is 93.6 Å². The van der Waals surface area contributed by atoms with E-state index in [1.54, 1.807) is 156 Å². The van der Waals surface area contributed by atoms with Crippen molar-refractivity contribution in [3.63, 3.8) is 0 Å². The zero-order chi connectivity index (χ0) is 101. The molecule has 29 nitrogen and oxygen atoms in total. The standard InChI is InChI=1S/C25H30N4O6.2C20H29NO5S.C18H25NO5.C2H6OS.3CH4/c1-25(2,3)35-24(31)26-21(23(30)32-15-18-8-9-18)14-17-10-12-19(13-11-17)33-16-34-29-22-7-5-4-6-20(22)27-28-29;2*1-20(2,3)26-19(23)21-17(18(22)24-12-15-5-6-15)11-14-7-9-16(10-8-14)25-13-27-4;1-18(2,3)24-17(22)19-15(16(21)23-11-13-4-5-13)10-12-6-8-14(20)9-7-12;1-4(2)3;;;/h4-7,10-13,18,21H,8-9,14-16H2,1-3H3,(H,26,31);2*7-10,15,17H,5-6,11-13H2,1-4H3,(H,21,23);6-9,13,15,20H,4-5,10-11H2,1-3H3,(H,19,22);1-2H3;3*1H4/t21-;2*17-;15-;;;;/m1111..../s1/i16D2;2*4D3,13D2;;1D3,2D3;;;. The lowest BCUT2D eigenvalue weighted by Crippen LogP contribution is -2.45. The van der Waals surface area contributed by atoms with Crippen molar-refractivity contribution in [3.05, 3.63) is 144 Å². The van der Waals surface area contributed by atoms with Crippen LogP contribution < -0.4 is 40.3 Å². The highest BCUT2D eigenvalue weighted by atomic mass is 32.2. The number of ether oxygens (including phenoxy) is 11. The van der Waals surface area contributed by atoms with E-state index in [4.69, 9.17) is 81.6 Å². The van der Waals surface area contributed by atoms with Crippen molar-refractivity contribution < 1.29 is 129 Å². The number of aromatic nitrogens is 3. The van der Waals surface area contributed by atoms with E-state index >= 15 is 0 Å². The first-order valence-electron chi connectivity index (χ1n) is 46.7. The molecule has 10 rings (SSSR count). The monoisotopic (exact) mass is 1750 g/mol. The van der Waals surface area contributed by atoms with Gasteiger partial charge in [-0.1, -0.05) is 87.8 Å². The molecule has 120 heavy (non-hydrogen) atoms. The molecule has 0 unspecified atom stereocenters. The lowest BCUT2D eigenvalue weighted by molar-refractivity contribution is -0.147. The molecule has 5 N–H and O–H groups in total. The third-order valence-corrected chi connectivity index (χ3v) is 16.3. The molecule has 0 aliphatic heterocycles. The fraction of sp³-hybridized carbons (Fsp3) is 0.568. The second kappa shape index (κ2) is 51.8. The number of alkyl carbamates (subject to hydrolysis) is 4. The number of nitrogens with one attached hydrogen (secondary N) is 4. The zero-order valence-corrected chi connectivity index (χ0v) is 70.0. The van der Waals surface area contributed by atoms with E-state index in [2.05, 4.69) is 31.6 Å². The van der Waals surface area contributed by atoms with E-state index in [1.165, 1.54) is 48.5 Å². The van der Waals surface area contributed by atoms with Crippen LogP contribution in [0.1, 0.15) is 204 Å². The van der Waals surface area contributed by atoms with Gasteiger partial charge < -0.3 is 83.3 Å². The Morgan fingerprint density at radius 3 is 1.00 bits per heavy atom. The highest BCUT2D eigenvalue weighted by Gasteiger charge is 2.34. The second-order valence-electron chi connectivity index (χ2n) is 31.6. The molecular weight excluding hydrogens is 1600 g/mol. The van der Waals surface area contributed by atoms with Gasteiger partial charge in [-0.05, 0) is 259 Å². The number of carbonyl (C=O) groups excluding carboxylic acids is 8. The summed E-state index contributed by atoms with van der Waals surface area (Å²) in [7, 11) is -2.75. The molecule has 4 aliphatic carbocycles. The van der Waals surface area contributed by atoms with Crippen LogP contribution in [0.15, 0.2) is 121 Å². The molecule has 4 fully saturated rings. The fourth-order valence-corrected chi connectivity index (χ4v) is 10.00. The first kappa shape index (κ1) is 77.6. The number of thioether (sulfide) groups is 2. The Morgan fingerprint density at radius 1 is 0.450 bits per heavy atom. The Labute approximate surface area is 745 Å². The van der Waals surface area contributed by atoms with Crippen molar-refractivity contribution in [1.82, 2.24) is 36.4 Å². The van der Waals surface area contributed by atoms with Gasteiger partial charge in [-0.15, -0.1) is 28.6 Å². The molecular formula is C88H131N7O22S3. The number of para-hydroxylation sites is 1. The Morgan fingerprint density at radius 2 is 0.733 bits per heavy atom. The quantitative estimate of drug-likeness (QED) is 0.0142. The van der Waals surface area contributed by atoms with E-state index < -0.39 is 149 Å². The predicted molar refractivity (Wildman–Crippen MR) is 467 cm³/mol. The van der Waals surface area contributed by atoms with Crippen LogP contribution in [-0.2, 0) is 93.6 Å². The number of fused-ring (bicyclic) bond motifs is 1. The molecule has 0 saturated heterocycles. The molecule has 668 valence electrons. The van der Waals surface area contributed by atoms with Gasteiger partial charge in [0.25, 0.3) is 6.75 Å². The molecule has 5 aromatic carbocycles. The number of rotatable bonds is 34. The van der Waals surface area contributed by atoms with Crippen LogP contribution in [-0.4, -0.2) is 189 Å². The smallest absolute Gasteiger partial charge is 0.408 e. The third-order valence-electron chi connectivity index (χ3n) is 16.0. The Hall–Kier alpha value is -9.69. The summed E-state index contributed by atoms with van der Waals surface area (Å²) in [5.41, 5.74) is 1.04. The Kier molecular flexibility index (Phi) is 33.5. The topological polar surface area (TPSA) is 363 Å². The third kappa shape index (κ3) is 46.2. The molecule has 32 heteroatoms. The number of hydrogen-bond donors (Lipinski definition) is 5. The molecule has 1 aromatic heterocycles. The van der Waals surface area contributed by atoms with Crippen LogP contribution in [0.2, 0.25) is 0 Å². The van der Waals surface area contributed by atoms with Crippen LogP contribution in [0.25, 0.3) is 11.0 Å². The minimum atomic E-state index is -2.90. The number of aromatic hydroxyl groups is 1. The van der Waals surface area contributed by atoms with Crippen LogP contribution in [0.3, 0.4) is 0 Å². The van der Waals surface area contributed by atoms with Gasteiger partial charge >= 0.3 is 48.3 Å². The van der Waals surface area contributed by atoms with Crippen molar-refractivity contribution in [2.75, 3.05) is 69.7 Å². The molecule has 0 bridgehead atoms. The van der Waals surface area contributed by atoms with Crippen molar-refractivity contribution in [2.45, 2.75) is 229 Å². The van der Waals surface area contributed by atoms with Gasteiger partial charge in [-0.25, -0.2) is 38.4 Å². The molecule has 0 spiro atoms. The highest BCUT2D eigenvalue weighted by molar-refractivity contribution is 7.98. The van der Waals surface area contributed by atoms with Crippen LogP contribution in [0.5, 0.6) is 23.0 Å². The molecule has 4 aliphatic rings. The summed E-state index contributed by atoms with van der Waals surface area (Å²) < 4.78 is 197. The molecule has 0 radical (unpaired) electrons. The number of hydrogen-bond acceptors (Lipinski definition) is 26. The van der Waals surface area contributed by atoms with Gasteiger partial charge in [0.05, 0.1) is 31.9 Å². The number of phenolic OH excluding ortho intramolecular Hbond substituents is 1. The normalized spacial score (nSPS) is 17.3. The molecule has 4 amide bonds. The van der Waals surface area contributed by atoms with Gasteiger partial charge in [-0.2, -0.15) is 0 Å². The van der Waals surface area contributed by atoms with Gasteiger partial charge in [0.15, 0.2) is 0 Å². The van der Waals surface area contributed by atoms with E-state index in [-0.39, 0.29) is 94.5 Å². The maximum absolute atomic E-state index is 12.7. The Bertz CT molecular complexity index is 4720. The van der Waals surface area contributed by atoms with Gasteiger partial charge in [0.2, 0.25) is 0 Å². The summed E-state index contributed by atoms with van der Waals surface area (Å²) in [4.78, 5) is 105. The van der Waals surface area contributed by atoms with E-state index in [0.717, 1.165) is 61.8 Å². The maximum Gasteiger partial charge on any atom is 0.408 e. The molecule has 6 aromatic rings. The molecule has 4 saturated carbocycles. The predicted octanol–water partition coefficient (Wildman–Crippen LogP) is 15.5. The number of carbonyl (C=O) groups is 8. The summed E-state index contributed by atoms with van der Waals surface area (Å²) in [6.45, 7) is 19.6. The van der Waals surface area contributed by atoms with Crippen molar-refractivity contribution in [2.24, 2.45) is 23.7 Å². The summed E-state index contributed by atoms with van der Waals surface area (Å²) in [6, 6.07) is 28.4. The van der Waals surface area contributed by atoms with E-state index in [1.807, 2.05) is 0 Å². The number of esters is 4. The number of benzene rings is 5. The van der Waals surface area contributed by atoms with Gasteiger partial charge in [0, 0.05) is 65.3 Å². The zero-order valence-electron chi connectivity index (χ0n) is 85.6. The number of phenols is 1. The Balaban J connectivity index is 0.000000458. The van der Waals surface area contributed by atoms with Crippen LogP contribution >= 0.6 is 23.5 Å². The van der Waals surface area contributed by atoms with Gasteiger partial charge in [0.1, 0.15) is 95.1 Å². The average molecular weight is 1750 g/mol. The summed E-state index contributed by atoms with van der Waals surface area (Å²) in [5.74, 6) is -4.85. The highest BCUT2D eigenvalue weighted by Crippen LogP contribution is 2.32. The van der Waals surface area contributed by atoms with Crippen LogP contribution in [0.4, 0.5) is 19.2 Å². The molecule has 4 atom stereocenters. The lowest BCUT2D eigenvalue weighted by Gasteiger charge is -2.23. The number of amides is 4. The first-order valence-corrected chi connectivity index (χ1v) is 40.5. The van der Waals surface area contributed by atoms with Crippen molar-refractivity contribution in [3.8, 4) is 23.0 Å². The maximum atomic E-state index is 12.7. The summed E-state index contributed by atoms with van der Waals surface area (Å²) >= 11 is 0.170. The minimum Gasteiger partial charge on any atom is -0.508 e. The lowest BCUT2D eigenvalue weighted by atomic mass is 10.1.